The summed E-state index contributed by atoms with van der Waals surface area (Å²) in [6.07, 6.45) is 1.62. The van der Waals surface area contributed by atoms with Crippen molar-refractivity contribution in [1.82, 2.24) is 10.6 Å². The number of halogens is 2. The molecule has 2 amide bonds. The van der Waals surface area contributed by atoms with Gasteiger partial charge in [-0.05, 0) is 38.3 Å². The van der Waals surface area contributed by atoms with Crippen molar-refractivity contribution in [3.63, 3.8) is 0 Å². The van der Waals surface area contributed by atoms with Crippen molar-refractivity contribution in [2.45, 2.75) is 50.3 Å². The Morgan fingerprint density at radius 2 is 2.18 bits per heavy atom. The molecule has 8 heteroatoms. The highest BCUT2D eigenvalue weighted by Gasteiger charge is 2.61. The van der Waals surface area contributed by atoms with Crippen LogP contribution in [0, 0.1) is 0 Å². The van der Waals surface area contributed by atoms with Gasteiger partial charge >= 0.3 is 5.92 Å². The van der Waals surface area contributed by atoms with E-state index in [4.69, 9.17) is 4.42 Å². The molecule has 0 unspecified atom stereocenters. The Morgan fingerprint density at radius 1 is 1.50 bits per heavy atom. The second-order valence-electron chi connectivity index (χ2n) is 5.45. The molecule has 1 saturated carbocycles. The molecule has 3 N–H and O–H groups in total. The van der Waals surface area contributed by atoms with Gasteiger partial charge in [0.25, 0.3) is 5.91 Å². The van der Waals surface area contributed by atoms with Gasteiger partial charge in [0.05, 0.1) is 12.8 Å². The molecule has 0 spiro atoms. The molecule has 1 aliphatic carbocycles. The van der Waals surface area contributed by atoms with Crippen LogP contribution < -0.4 is 10.6 Å². The molecular formula is C14H18F2N2O4. The number of hydrogen-bond donors (Lipinski definition) is 3. The minimum Gasteiger partial charge on any atom is -0.467 e. The van der Waals surface area contributed by atoms with Crippen LogP contribution in [0.25, 0.3) is 0 Å². The molecule has 0 aliphatic heterocycles. The highest BCUT2D eigenvalue weighted by Crippen LogP contribution is 2.44. The molecule has 1 aromatic rings. The zero-order valence-electron chi connectivity index (χ0n) is 12.1. The summed E-state index contributed by atoms with van der Waals surface area (Å²) < 4.78 is 32.8. The molecule has 0 bridgehead atoms. The highest BCUT2D eigenvalue weighted by atomic mass is 19.3. The third-order valence-electron chi connectivity index (χ3n) is 3.81. The largest absolute Gasteiger partial charge is 0.467 e. The number of rotatable bonds is 6. The van der Waals surface area contributed by atoms with Crippen LogP contribution in [-0.4, -0.2) is 34.5 Å². The van der Waals surface area contributed by atoms with Crippen LogP contribution in [0.4, 0.5) is 8.78 Å². The molecule has 1 aliphatic rings. The first-order valence-electron chi connectivity index (χ1n) is 6.97. The predicted molar refractivity (Wildman–Crippen MR) is 71.9 cm³/mol. The van der Waals surface area contributed by atoms with Crippen molar-refractivity contribution in [3.8, 4) is 0 Å². The van der Waals surface area contributed by atoms with E-state index in [0.29, 0.717) is 12.2 Å². The second-order valence-corrected chi connectivity index (χ2v) is 5.45. The maximum Gasteiger partial charge on any atom is 0.352 e. The Labute approximate surface area is 125 Å². The zero-order chi connectivity index (χ0) is 16.4. The van der Waals surface area contributed by atoms with Crippen LogP contribution in [-0.2, 0) is 16.1 Å². The lowest BCUT2D eigenvalue weighted by atomic mass is 9.75. The smallest absolute Gasteiger partial charge is 0.352 e. The van der Waals surface area contributed by atoms with E-state index in [1.807, 2.05) is 5.32 Å². The quantitative estimate of drug-likeness (QED) is 0.729. The van der Waals surface area contributed by atoms with Crippen LogP contribution in [0.15, 0.2) is 22.8 Å². The summed E-state index contributed by atoms with van der Waals surface area (Å²) in [6.45, 7) is 1.38. The van der Waals surface area contributed by atoms with Crippen molar-refractivity contribution >= 4 is 11.8 Å². The fraction of sp³-hybridized carbons (Fsp3) is 0.571. The fourth-order valence-corrected chi connectivity index (χ4v) is 2.13. The van der Waals surface area contributed by atoms with Crippen LogP contribution in [0.1, 0.15) is 31.9 Å². The molecule has 0 aromatic carbocycles. The zero-order valence-corrected chi connectivity index (χ0v) is 12.1. The Bertz CT molecular complexity index is 541. The first kappa shape index (κ1) is 16.4. The van der Waals surface area contributed by atoms with Gasteiger partial charge in [-0.2, -0.15) is 8.78 Å². The lowest BCUT2D eigenvalue weighted by Gasteiger charge is -2.41. The number of hydrogen-bond acceptors (Lipinski definition) is 4. The standard InChI is InChI=1S/C14H18F2N2O4/c1-9(11(19)17-8-10-4-2-7-22-10)18-12(20)14(15,16)13(21)5-3-6-13/h2,4,7,9,21H,3,5-6,8H2,1H3,(H,17,19)(H,18,20)/t9-/m1/s1. The number of nitrogens with one attached hydrogen (secondary N) is 2. The molecule has 6 nitrogen and oxygen atoms in total. The number of alkyl halides is 2. The van der Waals surface area contributed by atoms with Crippen LogP contribution in [0.3, 0.4) is 0 Å². The van der Waals surface area contributed by atoms with Gasteiger partial charge in [-0.3, -0.25) is 9.59 Å². The second kappa shape index (κ2) is 6.04. The summed E-state index contributed by atoms with van der Waals surface area (Å²) in [7, 11) is 0. The van der Waals surface area contributed by atoms with E-state index in [0.717, 1.165) is 0 Å². The summed E-state index contributed by atoms with van der Waals surface area (Å²) in [4.78, 5) is 23.4. The van der Waals surface area contributed by atoms with Gasteiger partial charge < -0.3 is 20.2 Å². The molecule has 1 fully saturated rings. The topological polar surface area (TPSA) is 91.6 Å². The van der Waals surface area contributed by atoms with Gasteiger partial charge in [-0.15, -0.1) is 0 Å². The van der Waals surface area contributed by atoms with Crippen LogP contribution >= 0.6 is 0 Å². The Morgan fingerprint density at radius 3 is 2.68 bits per heavy atom. The molecule has 0 radical (unpaired) electrons. The monoisotopic (exact) mass is 316 g/mol. The van der Waals surface area contributed by atoms with Crippen LogP contribution in [0.2, 0.25) is 0 Å². The number of aliphatic hydroxyl groups is 1. The molecule has 122 valence electrons. The molecule has 1 aromatic heterocycles. The Hall–Kier alpha value is -1.96. The molecule has 0 saturated heterocycles. The maximum absolute atomic E-state index is 13.9. The average Bonchev–Trinajstić information content (AvgIpc) is 2.94. The van der Waals surface area contributed by atoms with Gasteiger partial charge in [0.15, 0.2) is 0 Å². The number of carbonyl (C=O) groups excluding carboxylic acids is 2. The molecular weight excluding hydrogens is 298 g/mol. The summed E-state index contributed by atoms with van der Waals surface area (Å²) >= 11 is 0. The Balaban J connectivity index is 1.86. The molecule has 1 heterocycles. The number of furan rings is 1. The molecule has 1 atom stereocenters. The van der Waals surface area contributed by atoms with E-state index in [1.54, 1.807) is 12.1 Å². The maximum atomic E-state index is 13.9. The summed E-state index contributed by atoms with van der Waals surface area (Å²) in [5, 5.41) is 14.1. The molecule has 22 heavy (non-hydrogen) atoms. The fourth-order valence-electron chi connectivity index (χ4n) is 2.13. The average molecular weight is 316 g/mol. The van der Waals surface area contributed by atoms with Crippen LogP contribution in [0.5, 0.6) is 0 Å². The van der Waals surface area contributed by atoms with Gasteiger partial charge in [0.1, 0.15) is 17.4 Å². The Kier molecular flexibility index (Phi) is 4.50. The van der Waals surface area contributed by atoms with Gasteiger partial charge in [-0.25, -0.2) is 0 Å². The van der Waals surface area contributed by atoms with Crippen molar-refractivity contribution in [3.05, 3.63) is 24.2 Å². The lowest BCUT2D eigenvalue weighted by Crippen LogP contribution is -2.62. The summed E-state index contributed by atoms with van der Waals surface area (Å²) in [5.74, 6) is -5.68. The normalized spacial score (nSPS) is 18.2. The van der Waals surface area contributed by atoms with Crippen molar-refractivity contribution in [2.24, 2.45) is 0 Å². The van der Waals surface area contributed by atoms with Crippen molar-refractivity contribution in [2.75, 3.05) is 0 Å². The van der Waals surface area contributed by atoms with Crippen molar-refractivity contribution in [1.29, 1.82) is 0 Å². The minimum atomic E-state index is -3.92. The van der Waals surface area contributed by atoms with E-state index in [1.165, 1.54) is 13.2 Å². The van der Waals surface area contributed by atoms with Gasteiger partial charge in [0.2, 0.25) is 5.91 Å². The van der Waals surface area contributed by atoms with Gasteiger partial charge in [0, 0.05) is 0 Å². The number of carbonyl (C=O) groups is 2. The highest BCUT2D eigenvalue weighted by molar-refractivity contribution is 5.91. The summed E-state index contributed by atoms with van der Waals surface area (Å²) in [6, 6.07) is 2.13. The number of amides is 2. The first-order chi connectivity index (χ1) is 10.3. The predicted octanol–water partition coefficient (Wildman–Crippen LogP) is 0.951. The van der Waals surface area contributed by atoms with Crippen molar-refractivity contribution < 1.29 is 27.9 Å². The van der Waals surface area contributed by atoms with Gasteiger partial charge in [-0.1, -0.05) is 0 Å². The van der Waals surface area contributed by atoms with E-state index in [-0.39, 0.29) is 19.4 Å². The lowest BCUT2D eigenvalue weighted by molar-refractivity contribution is -0.216. The summed E-state index contributed by atoms with van der Waals surface area (Å²) in [5.41, 5.74) is -2.30. The third kappa shape index (κ3) is 3.11. The van der Waals surface area contributed by atoms with E-state index in [2.05, 4.69) is 5.32 Å². The minimum absolute atomic E-state index is 0.0897. The van der Waals surface area contributed by atoms with E-state index in [9.17, 15) is 23.5 Å². The SMILES string of the molecule is C[C@@H](NC(=O)C(F)(F)C1(O)CCC1)C(=O)NCc1ccco1. The third-order valence-corrected chi connectivity index (χ3v) is 3.81. The van der Waals surface area contributed by atoms with E-state index < -0.39 is 29.4 Å². The van der Waals surface area contributed by atoms with E-state index >= 15 is 0 Å². The first-order valence-corrected chi connectivity index (χ1v) is 6.97. The molecule has 2 rings (SSSR count).